The van der Waals surface area contributed by atoms with Gasteiger partial charge in [0.15, 0.2) is 0 Å². The smallest absolute Gasteiger partial charge is 0.00774 e. The molecule has 0 radical (unpaired) electrons. The van der Waals surface area contributed by atoms with Gasteiger partial charge in [0.2, 0.25) is 0 Å². The van der Waals surface area contributed by atoms with E-state index in [0.29, 0.717) is 0 Å². The van der Waals surface area contributed by atoms with Crippen LogP contribution < -0.4 is 5.32 Å². The van der Waals surface area contributed by atoms with E-state index < -0.39 is 0 Å². The molecular formula is C11H23NS. The lowest BCUT2D eigenvalue weighted by Gasteiger charge is -2.30. The van der Waals surface area contributed by atoms with E-state index in [9.17, 15) is 0 Å². The van der Waals surface area contributed by atoms with Crippen LogP contribution in [-0.2, 0) is 0 Å². The highest BCUT2D eigenvalue weighted by Gasteiger charge is 2.21. The minimum atomic E-state index is 0.797. The van der Waals surface area contributed by atoms with Crippen molar-refractivity contribution in [1.82, 2.24) is 5.32 Å². The number of nitrogens with one attached hydrogen (secondary N) is 1. The molecule has 13 heavy (non-hydrogen) atoms. The second-order valence-corrected chi connectivity index (χ2v) is 6.11. The topological polar surface area (TPSA) is 12.0 Å². The van der Waals surface area contributed by atoms with Crippen molar-refractivity contribution in [2.24, 2.45) is 0 Å². The fraction of sp³-hybridized carbons (Fsp3) is 1.00. The number of rotatable bonds is 4. The van der Waals surface area contributed by atoms with Gasteiger partial charge < -0.3 is 5.32 Å². The Morgan fingerprint density at radius 2 is 2.15 bits per heavy atom. The molecule has 2 heteroatoms. The highest BCUT2D eigenvalue weighted by molar-refractivity contribution is 8.00. The Balaban J connectivity index is 2.24. The molecule has 2 atom stereocenters. The zero-order valence-electron chi connectivity index (χ0n) is 9.18. The second-order valence-electron chi connectivity index (χ2n) is 4.23. The molecule has 0 aliphatic heterocycles. The van der Waals surface area contributed by atoms with Crippen molar-refractivity contribution in [3.63, 3.8) is 0 Å². The SMILES string of the molecule is CCNC1CCCC(SC(C)C)C1. The van der Waals surface area contributed by atoms with Gasteiger partial charge in [0.1, 0.15) is 0 Å². The molecule has 1 saturated carbocycles. The van der Waals surface area contributed by atoms with Crippen molar-refractivity contribution >= 4 is 11.8 Å². The van der Waals surface area contributed by atoms with E-state index in [1.165, 1.54) is 25.7 Å². The van der Waals surface area contributed by atoms with Crippen LogP contribution in [0.1, 0.15) is 46.5 Å². The van der Waals surface area contributed by atoms with Crippen molar-refractivity contribution in [2.45, 2.75) is 63.0 Å². The van der Waals surface area contributed by atoms with Crippen LogP contribution in [0.5, 0.6) is 0 Å². The number of hydrogen-bond acceptors (Lipinski definition) is 2. The van der Waals surface area contributed by atoms with E-state index in [0.717, 1.165) is 23.1 Å². The van der Waals surface area contributed by atoms with Gasteiger partial charge in [-0.2, -0.15) is 11.8 Å². The molecule has 1 aliphatic carbocycles. The van der Waals surface area contributed by atoms with Gasteiger partial charge in [-0.1, -0.05) is 27.2 Å². The van der Waals surface area contributed by atoms with E-state index in [2.05, 4.69) is 37.8 Å². The second kappa shape index (κ2) is 5.92. The molecule has 0 aromatic rings. The van der Waals surface area contributed by atoms with E-state index in [1.807, 2.05) is 0 Å². The Labute approximate surface area is 87.1 Å². The monoisotopic (exact) mass is 201 g/mol. The molecule has 0 aromatic heterocycles. The molecule has 1 rings (SSSR count). The zero-order chi connectivity index (χ0) is 9.68. The molecule has 0 amide bonds. The molecule has 1 aliphatic rings. The summed E-state index contributed by atoms with van der Waals surface area (Å²) < 4.78 is 0. The van der Waals surface area contributed by atoms with Gasteiger partial charge in [-0.15, -0.1) is 0 Å². The van der Waals surface area contributed by atoms with Crippen LogP contribution in [0.4, 0.5) is 0 Å². The summed E-state index contributed by atoms with van der Waals surface area (Å²) in [7, 11) is 0. The molecule has 0 heterocycles. The summed E-state index contributed by atoms with van der Waals surface area (Å²) in [6.07, 6.45) is 5.63. The van der Waals surface area contributed by atoms with Crippen molar-refractivity contribution in [3.8, 4) is 0 Å². The maximum Gasteiger partial charge on any atom is 0.00774 e. The first-order valence-electron chi connectivity index (χ1n) is 5.61. The quantitative estimate of drug-likeness (QED) is 0.750. The van der Waals surface area contributed by atoms with Crippen molar-refractivity contribution in [3.05, 3.63) is 0 Å². The lowest BCUT2D eigenvalue weighted by molar-refractivity contribution is 0.387. The van der Waals surface area contributed by atoms with Gasteiger partial charge in [0.25, 0.3) is 0 Å². The van der Waals surface area contributed by atoms with Crippen molar-refractivity contribution < 1.29 is 0 Å². The molecule has 1 N–H and O–H groups in total. The standard InChI is InChI=1S/C11H23NS/c1-4-12-10-6-5-7-11(8-10)13-9(2)3/h9-12H,4-8H2,1-3H3. The minimum Gasteiger partial charge on any atom is -0.314 e. The summed E-state index contributed by atoms with van der Waals surface area (Å²) in [5, 5.41) is 5.29. The highest BCUT2D eigenvalue weighted by atomic mass is 32.2. The van der Waals surface area contributed by atoms with Crippen LogP contribution in [0.15, 0.2) is 0 Å². The predicted octanol–water partition coefficient (Wildman–Crippen LogP) is 3.05. The molecule has 0 bridgehead atoms. The number of hydrogen-bond donors (Lipinski definition) is 1. The fourth-order valence-electron chi connectivity index (χ4n) is 2.13. The zero-order valence-corrected chi connectivity index (χ0v) is 9.99. The highest BCUT2D eigenvalue weighted by Crippen LogP contribution is 2.30. The lowest BCUT2D eigenvalue weighted by Crippen LogP contribution is -2.35. The van der Waals surface area contributed by atoms with Gasteiger partial charge in [0, 0.05) is 11.3 Å². The number of thioether (sulfide) groups is 1. The first kappa shape index (κ1) is 11.4. The summed E-state index contributed by atoms with van der Waals surface area (Å²) in [5.41, 5.74) is 0. The van der Waals surface area contributed by atoms with Crippen LogP contribution >= 0.6 is 11.8 Å². The molecular weight excluding hydrogens is 178 g/mol. The van der Waals surface area contributed by atoms with Gasteiger partial charge in [-0.05, 0) is 31.1 Å². The summed E-state index contributed by atoms with van der Waals surface area (Å²) >= 11 is 2.16. The maximum atomic E-state index is 3.57. The average Bonchev–Trinajstić information content (AvgIpc) is 2.04. The van der Waals surface area contributed by atoms with E-state index in [-0.39, 0.29) is 0 Å². The Morgan fingerprint density at radius 3 is 2.77 bits per heavy atom. The van der Waals surface area contributed by atoms with Gasteiger partial charge in [-0.3, -0.25) is 0 Å². The normalized spacial score (nSPS) is 29.5. The Kier molecular flexibility index (Phi) is 5.18. The van der Waals surface area contributed by atoms with Gasteiger partial charge >= 0.3 is 0 Å². The van der Waals surface area contributed by atoms with Crippen LogP contribution in [0.2, 0.25) is 0 Å². The largest absolute Gasteiger partial charge is 0.314 e. The Bertz CT molecular complexity index is 134. The van der Waals surface area contributed by atoms with E-state index in [4.69, 9.17) is 0 Å². The van der Waals surface area contributed by atoms with Gasteiger partial charge in [0.05, 0.1) is 0 Å². The Morgan fingerprint density at radius 1 is 1.38 bits per heavy atom. The van der Waals surface area contributed by atoms with E-state index in [1.54, 1.807) is 0 Å². The molecule has 2 unspecified atom stereocenters. The molecule has 0 spiro atoms. The summed E-state index contributed by atoms with van der Waals surface area (Å²) in [6.45, 7) is 7.95. The first-order valence-corrected chi connectivity index (χ1v) is 6.55. The van der Waals surface area contributed by atoms with Crippen LogP contribution in [0.25, 0.3) is 0 Å². The van der Waals surface area contributed by atoms with Crippen LogP contribution in [0.3, 0.4) is 0 Å². The van der Waals surface area contributed by atoms with Crippen LogP contribution in [0, 0.1) is 0 Å². The third kappa shape index (κ3) is 4.37. The third-order valence-electron chi connectivity index (χ3n) is 2.58. The minimum absolute atomic E-state index is 0.797. The third-order valence-corrected chi connectivity index (χ3v) is 3.94. The summed E-state index contributed by atoms with van der Waals surface area (Å²) in [5.74, 6) is 0. The predicted molar refractivity (Wildman–Crippen MR) is 62.4 cm³/mol. The Hall–Kier alpha value is 0.310. The fourth-order valence-corrected chi connectivity index (χ4v) is 3.54. The average molecular weight is 201 g/mol. The summed E-state index contributed by atoms with van der Waals surface area (Å²) in [4.78, 5) is 0. The lowest BCUT2D eigenvalue weighted by atomic mass is 9.95. The van der Waals surface area contributed by atoms with Crippen molar-refractivity contribution in [2.75, 3.05) is 6.54 Å². The first-order chi connectivity index (χ1) is 6.22. The van der Waals surface area contributed by atoms with Crippen LogP contribution in [-0.4, -0.2) is 23.1 Å². The maximum absolute atomic E-state index is 3.57. The van der Waals surface area contributed by atoms with E-state index >= 15 is 0 Å². The summed E-state index contributed by atoms with van der Waals surface area (Å²) in [6, 6.07) is 0.801. The molecule has 1 nitrogen and oxygen atoms in total. The van der Waals surface area contributed by atoms with Crippen molar-refractivity contribution in [1.29, 1.82) is 0 Å². The molecule has 78 valence electrons. The molecule has 0 saturated heterocycles. The molecule has 0 aromatic carbocycles. The van der Waals surface area contributed by atoms with Gasteiger partial charge in [-0.25, -0.2) is 0 Å². The molecule has 1 fully saturated rings.